The van der Waals surface area contributed by atoms with E-state index in [1.54, 1.807) is 26.6 Å². The van der Waals surface area contributed by atoms with Crippen molar-refractivity contribution in [2.45, 2.75) is 6.54 Å². The van der Waals surface area contributed by atoms with Gasteiger partial charge in [0.1, 0.15) is 5.69 Å². The van der Waals surface area contributed by atoms with Crippen LogP contribution in [0.15, 0.2) is 73.1 Å². The normalized spacial score (nSPS) is 11.0. The Labute approximate surface area is 190 Å². The Morgan fingerprint density at radius 1 is 0.970 bits per heavy atom. The van der Waals surface area contributed by atoms with E-state index in [0.717, 1.165) is 32.9 Å². The van der Waals surface area contributed by atoms with Gasteiger partial charge in [-0.05, 0) is 42.0 Å². The minimum atomic E-state index is -0.257. The molecule has 5 aromatic rings. The van der Waals surface area contributed by atoms with E-state index in [-0.39, 0.29) is 5.91 Å². The summed E-state index contributed by atoms with van der Waals surface area (Å²) in [5, 5.41) is 4.90. The number of amides is 1. The molecule has 0 aliphatic carbocycles. The Balaban J connectivity index is 1.64. The van der Waals surface area contributed by atoms with Crippen molar-refractivity contribution < 1.29 is 14.3 Å². The number of rotatable bonds is 6. The maximum absolute atomic E-state index is 13.1. The molecule has 7 nitrogen and oxygen atoms in total. The number of pyridine rings is 2. The summed E-state index contributed by atoms with van der Waals surface area (Å²) in [5.74, 6) is 0.958. The number of nitrogens with zero attached hydrogens (tertiary/aromatic N) is 2. The zero-order valence-corrected chi connectivity index (χ0v) is 18.3. The van der Waals surface area contributed by atoms with Crippen LogP contribution in [0.5, 0.6) is 11.5 Å². The van der Waals surface area contributed by atoms with Crippen LogP contribution in [0, 0.1) is 0 Å². The number of carbonyl (C=O) groups excluding carboxylic acids is 1. The maximum atomic E-state index is 13.1. The number of fused-ring (bicyclic) bond motifs is 3. The summed E-state index contributed by atoms with van der Waals surface area (Å²) in [4.78, 5) is 25.4. The lowest BCUT2D eigenvalue weighted by atomic mass is 10.1. The van der Waals surface area contributed by atoms with Crippen molar-refractivity contribution in [1.82, 2.24) is 20.3 Å². The molecule has 7 heteroatoms. The van der Waals surface area contributed by atoms with Gasteiger partial charge in [0.05, 0.1) is 25.4 Å². The number of aromatic amines is 1. The van der Waals surface area contributed by atoms with Gasteiger partial charge in [-0.3, -0.25) is 9.78 Å². The van der Waals surface area contributed by atoms with E-state index in [1.807, 2.05) is 60.7 Å². The van der Waals surface area contributed by atoms with Crippen molar-refractivity contribution in [2.75, 3.05) is 14.2 Å². The van der Waals surface area contributed by atoms with E-state index in [0.29, 0.717) is 29.4 Å². The van der Waals surface area contributed by atoms with Gasteiger partial charge in [0.15, 0.2) is 11.5 Å². The number of hydrogen-bond acceptors (Lipinski definition) is 5. The number of carbonyl (C=O) groups is 1. The Morgan fingerprint density at radius 2 is 1.82 bits per heavy atom. The summed E-state index contributed by atoms with van der Waals surface area (Å²) in [6.45, 7) is 0.367. The van der Waals surface area contributed by atoms with Crippen LogP contribution in [-0.4, -0.2) is 35.1 Å². The zero-order chi connectivity index (χ0) is 22.8. The van der Waals surface area contributed by atoms with Crippen LogP contribution in [0.1, 0.15) is 16.1 Å². The van der Waals surface area contributed by atoms with Crippen LogP contribution in [0.2, 0.25) is 0 Å². The van der Waals surface area contributed by atoms with E-state index >= 15 is 0 Å². The molecule has 0 saturated heterocycles. The smallest absolute Gasteiger partial charge is 0.270 e. The number of aromatic nitrogens is 3. The Hall–Kier alpha value is -4.39. The van der Waals surface area contributed by atoms with Gasteiger partial charge in [0, 0.05) is 40.8 Å². The van der Waals surface area contributed by atoms with Crippen molar-refractivity contribution in [2.24, 2.45) is 0 Å². The molecule has 3 heterocycles. The fraction of sp³-hybridized carbons (Fsp3) is 0.115. The first-order valence-corrected chi connectivity index (χ1v) is 10.5. The summed E-state index contributed by atoms with van der Waals surface area (Å²) < 4.78 is 10.9. The number of benzene rings is 2. The van der Waals surface area contributed by atoms with Crippen molar-refractivity contribution in [3.05, 3.63) is 84.3 Å². The van der Waals surface area contributed by atoms with E-state index in [4.69, 9.17) is 14.5 Å². The molecule has 0 saturated carbocycles. The second-order valence-electron chi connectivity index (χ2n) is 7.56. The Bertz CT molecular complexity index is 1460. The molecule has 0 bridgehead atoms. The standard InChI is InChI=1S/C26H22N4O3/c1-32-22-10-9-17(12-23(22)33-2)24-25-19(18-7-3-4-8-20(18)29-25)13-21(30-24)26(31)28-15-16-6-5-11-27-14-16/h3-14,29H,15H2,1-2H3,(H,28,31). The lowest BCUT2D eigenvalue weighted by Crippen LogP contribution is -2.24. The molecule has 2 N–H and O–H groups in total. The summed E-state index contributed by atoms with van der Waals surface area (Å²) in [5.41, 5.74) is 4.55. The lowest BCUT2D eigenvalue weighted by molar-refractivity contribution is 0.0946. The minimum absolute atomic E-state index is 0.257. The molecule has 0 fully saturated rings. The summed E-state index contributed by atoms with van der Waals surface area (Å²) in [6, 6.07) is 19.2. The molecule has 2 aromatic carbocycles. The fourth-order valence-electron chi connectivity index (χ4n) is 3.93. The van der Waals surface area contributed by atoms with E-state index < -0.39 is 0 Å². The largest absolute Gasteiger partial charge is 0.493 e. The molecule has 33 heavy (non-hydrogen) atoms. The summed E-state index contributed by atoms with van der Waals surface area (Å²) in [6.07, 6.45) is 3.43. The van der Waals surface area contributed by atoms with Gasteiger partial charge in [0.25, 0.3) is 5.91 Å². The Kier molecular flexibility index (Phi) is 5.36. The molecular formula is C26H22N4O3. The average Bonchev–Trinajstić information content (AvgIpc) is 3.25. The predicted octanol–water partition coefficient (Wildman–Crippen LogP) is 4.73. The highest BCUT2D eigenvalue weighted by atomic mass is 16.5. The average molecular weight is 438 g/mol. The van der Waals surface area contributed by atoms with Gasteiger partial charge in [-0.15, -0.1) is 0 Å². The highest BCUT2D eigenvalue weighted by Crippen LogP contribution is 2.36. The first-order valence-electron chi connectivity index (χ1n) is 10.5. The second kappa shape index (κ2) is 8.63. The molecule has 0 unspecified atom stereocenters. The third-order valence-electron chi connectivity index (χ3n) is 5.56. The monoisotopic (exact) mass is 438 g/mol. The molecule has 0 aliphatic rings. The van der Waals surface area contributed by atoms with E-state index in [9.17, 15) is 4.79 Å². The number of para-hydroxylation sites is 1. The van der Waals surface area contributed by atoms with Crippen LogP contribution >= 0.6 is 0 Å². The topological polar surface area (TPSA) is 89.1 Å². The predicted molar refractivity (Wildman–Crippen MR) is 128 cm³/mol. The number of methoxy groups -OCH3 is 2. The van der Waals surface area contributed by atoms with Crippen molar-refractivity contribution >= 4 is 27.7 Å². The number of H-pyrrole nitrogens is 1. The van der Waals surface area contributed by atoms with Crippen molar-refractivity contribution in [1.29, 1.82) is 0 Å². The van der Waals surface area contributed by atoms with Gasteiger partial charge in [-0.25, -0.2) is 4.98 Å². The molecule has 0 radical (unpaired) electrons. The van der Waals surface area contributed by atoms with E-state index in [2.05, 4.69) is 15.3 Å². The van der Waals surface area contributed by atoms with Crippen molar-refractivity contribution in [3.8, 4) is 22.8 Å². The third-order valence-corrected chi connectivity index (χ3v) is 5.56. The molecule has 164 valence electrons. The maximum Gasteiger partial charge on any atom is 0.270 e. The molecule has 0 aliphatic heterocycles. The van der Waals surface area contributed by atoms with Crippen LogP contribution in [0.3, 0.4) is 0 Å². The number of nitrogens with one attached hydrogen (secondary N) is 2. The molecule has 5 rings (SSSR count). The highest BCUT2D eigenvalue weighted by molar-refractivity contribution is 6.13. The van der Waals surface area contributed by atoms with Gasteiger partial charge < -0.3 is 19.8 Å². The Morgan fingerprint density at radius 3 is 2.61 bits per heavy atom. The summed E-state index contributed by atoms with van der Waals surface area (Å²) >= 11 is 0. The van der Waals surface area contributed by atoms with Crippen LogP contribution in [-0.2, 0) is 6.54 Å². The van der Waals surface area contributed by atoms with Crippen molar-refractivity contribution in [3.63, 3.8) is 0 Å². The fourth-order valence-corrected chi connectivity index (χ4v) is 3.93. The lowest BCUT2D eigenvalue weighted by Gasteiger charge is -2.11. The minimum Gasteiger partial charge on any atom is -0.493 e. The first-order chi connectivity index (χ1) is 16.2. The molecule has 3 aromatic heterocycles. The van der Waals surface area contributed by atoms with Gasteiger partial charge in [-0.1, -0.05) is 24.3 Å². The number of ether oxygens (including phenoxy) is 2. The highest BCUT2D eigenvalue weighted by Gasteiger charge is 2.18. The molecule has 0 atom stereocenters. The second-order valence-corrected chi connectivity index (χ2v) is 7.56. The van der Waals surface area contributed by atoms with Gasteiger partial charge in [-0.2, -0.15) is 0 Å². The van der Waals surface area contributed by atoms with E-state index in [1.165, 1.54) is 0 Å². The number of hydrogen-bond donors (Lipinski definition) is 2. The molecule has 1 amide bonds. The molecular weight excluding hydrogens is 416 g/mol. The van der Waals surface area contributed by atoms with Gasteiger partial charge in [0.2, 0.25) is 0 Å². The van der Waals surface area contributed by atoms with Crippen LogP contribution < -0.4 is 14.8 Å². The molecule has 0 spiro atoms. The summed E-state index contributed by atoms with van der Waals surface area (Å²) in [7, 11) is 3.19. The first kappa shape index (κ1) is 20.5. The van der Waals surface area contributed by atoms with Crippen LogP contribution in [0.25, 0.3) is 33.1 Å². The van der Waals surface area contributed by atoms with Gasteiger partial charge >= 0.3 is 0 Å². The zero-order valence-electron chi connectivity index (χ0n) is 18.3. The third kappa shape index (κ3) is 3.85. The quantitative estimate of drug-likeness (QED) is 0.400. The SMILES string of the molecule is COc1ccc(-c2nc(C(=O)NCc3cccnc3)cc3c2[nH]c2ccccc23)cc1OC. The van der Waals surface area contributed by atoms with Crippen LogP contribution in [0.4, 0.5) is 0 Å².